The van der Waals surface area contributed by atoms with Crippen molar-refractivity contribution in [3.63, 3.8) is 0 Å². The average Bonchev–Trinajstić information content (AvgIpc) is 3.43. The molecule has 0 aromatic heterocycles. The van der Waals surface area contributed by atoms with Crippen molar-refractivity contribution in [2.75, 3.05) is 13.2 Å². The number of hydrogen-bond acceptors (Lipinski definition) is 6. The number of carbonyl (C=O) groups excluding carboxylic acids is 3. The summed E-state index contributed by atoms with van der Waals surface area (Å²) in [5.74, 6) is -0.895. The smallest absolute Gasteiger partial charge is 0.306 e. The lowest BCUT2D eigenvalue weighted by Gasteiger charge is -2.18. The molecule has 6 nitrogen and oxygen atoms in total. The molecule has 0 aromatic rings. The van der Waals surface area contributed by atoms with Crippen LogP contribution in [0.1, 0.15) is 290 Å². The van der Waals surface area contributed by atoms with Crippen molar-refractivity contribution in [1.82, 2.24) is 0 Å². The molecule has 0 N–H and O–H groups in total. The molecule has 0 saturated carbocycles. The highest BCUT2D eigenvalue weighted by atomic mass is 16.6. The normalized spacial score (nSPS) is 12.9. The average molecular weight is 1070 g/mol. The molecule has 77 heavy (non-hydrogen) atoms. The van der Waals surface area contributed by atoms with Gasteiger partial charge >= 0.3 is 17.9 Å². The monoisotopic (exact) mass is 1070 g/mol. The van der Waals surface area contributed by atoms with Gasteiger partial charge < -0.3 is 14.2 Å². The summed E-state index contributed by atoms with van der Waals surface area (Å²) in [6.45, 7) is 6.41. The van der Waals surface area contributed by atoms with Crippen LogP contribution >= 0.6 is 0 Å². The Morgan fingerprint density at radius 3 is 0.792 bits per heavy atom. The Balaban J connectivity index is 4.26. The summed E-state index contributed by atoms with van der Waals surface area (Å²) >= 11 is 0. The van der Waals surface area contributed by atoms with Gasteiger partial charge in [0.2, 0.25) is 0 Å². The van der Waals surface area contributed by atoms with E-state index in [-0.39, 0.29) is 31.1 Å². The van der Waals surface area contributed by atoms with Gasteiger partial charge in [-0.1, -0.05) is 284 Å². The van der Waals surface area contributed by atoms with Gasteiger partial charge in [0, 0.05) is 19.3 Å². The minimum Gasteiger partial charge on any atom is -0.462 e. The van der Waals surface area contributed by atoms with Crippen molar-refractivity contribution in [2.45, 2.75) is 297 Å². The second kappa shape index (κ2) is 64.3. The lowest BCUT2D eigenvalue weighted by atomic mass is 10.1. The molecule has 0 rings (SSSR count). The largest absolute Gasteiger partial charge is 0.462 e. The van der Waals surface area contributed by atoms with Crippen LogP contribution in [0.4, 0.5) is 0 Å². The van der Waals surface area contributed by atoms with Gasteiger partial charge in [0.05, 0.1) is 0 Å². The third-order valence-corrected chi connectivity index (χ3v) is 13.5. The summed E-state index contributed by atoms with van der Waals surface area (Å²) in [5.41, 5.74) is 0. The van der Waals surface area contributed by atoms with Crippen molar-refractivity contribution < 1.29 is 28.6 Å². The van der Waals surface area contributed by atoms with Crippen LogP contribution in [0.3, 0.4) is 0 Å². The number of hydrogen-bond donors (Lipinski definition) is 0. The quantitative estimate of drug-likeness (QED) is 0.0261. The third kappa shape index (κ3) is 62.5. The van der Waals surface area contributed by atoms with Crippen molar-refractivity contribution >= 4 is 17.9 Å². The SMILES string of the molecule is CC/C=C\C/C=C\C/C=C\C/C=C\C/C=C\C/C=C\C/C=C\CCCCCCCCCCCC(=O)OCC(COC(=O)CCCCCCCCCCCCC)OC(=O)CCCCCCCCC/C=C\C/C=C\C/C=C\CC. The lowest BCUT2D eigenvalue weighted by Crippen LogP contribution is -2.30. The molecule has 0 radical (unpaired) electrons. The van der Waals surface area contributed by atoms with E-state index in [1.165, 1.54) is 116 Å². The van der Waals surface area contributed by atoms with E-state index in [2.05, 4.69) is 142 Å². The van der Waals surface area contributed by atoms with Gasteiger partial charge in [-0.2, -0.15) is 0 Å². The van der Waals surface area contributed by atoms with Crippen molar-refractivity contribution in [3.05, 3.63) is 122 Å². The number of carbonyl (C=O) groups is 3. The third-order valence-electron chi connectivity index (χ3n) is 13.5. The van der Waals surface area contributed by atoms with E-state index in [0.717, 1.165) is 135 Å². The molecule has 0 heterocycles. The van der Waals surface area contributed by atoms with Gasteiger partial charge in [-0.05, 0) is 109 Å². The first-order valence-corrected chi connectivity index (χ1v) is 32.0. The van der Waals surface area contributed by atoms with E-state index >= 15 is 0 Å². The van der Waals surface area contributed by atoms with E-state index in [4.69, 9.17) is 14.2 Å². The maximum atomic E-state index is 12.9. The summed E-state index contributed by atoms with van der Waals surface area (Å²) in [6, 6.07) is 0. The fourth-order valence-electron chi connectivity index (χ4n) is 8.73. The molecule has 0 bridgehead atoms. The first-order chi connectivity index (χ1) is 38.0. The van der Waals surface area contributed by atoms with Crippen LogP contribution in [-0.4, -0.2) is 37.2 Å². The van der Waals surface area contributed by atoms with E-state index in [1.54, 1.807) is 0 Å². The zero-order chi connectivity index (χ0) is 55.7. The first kappa shape index (κ1) is 72.8. The highest BCUT2D eigenvalue weighted by Gasteiger charge is 2.19. The number of rotatable bonds is 57. The van der Waals surface area contributed by atoms with E-state index < -0.39 is 6.10 Å². The Kier molecular flexibility index (Phi) is 60.8. The predicted octanol–water partition coefficient (Wildman–Crippen LogP) is 22.0. The Morgan fingerprint density at radius 2 is 0.506 bits per heavy atom. The first-order valence-electron chi connectivity index (χ1n) is 32.0. The summed E-state index contributed by atoms with van der Waals surface area (Å²) in [5, 5.41) is 0. The zero-order valence-corrected chi connectivity index (χ0v) is 50.2. The topological polar surface area (TPSA) is 78.9 Å². The molecular weight excluding hydrogens is 949 g/mol. The van der Waals surface area contributed by atoms with E-state index in [9.17, 15) is 14.4 Å². The fourth-order valence-corrected chi connectivity index (χ4v) is 8.73. The maximum Gasteiger partial charge on any atom is 0.306 e. The summed E-state index contributed by atoms with van der Waals surface area (Å²) < 4.78 is 16.9. The fraction of sp³-hybridized carbons (Fsp3) is 0.676. The van der Waals surface area contributed by atoms with Gasteiger partial charge in [0.1, 0.15) is 13.2 Å². The second-order valence-electron chi connectivity index (χ2n) is 20.9. The van der Waals surface area contributed by atoms with Crippen LogP contribution in [0.5, 0.6) is 0 Å². The van der Waals surface area contributed by atoms with E-state index in [0.29, 0.717) is 19.3 Å². The molecule has 0 saturated heterocycles. The molecule has 438 valence electrons. The van der Waals surface area contributed by atoms with Crippen LogP contribution in [0.15, 0.2) is 122 Å². The second-order valence-corrected chi connectivity index (χ2v) is 20.9. The lowest BCUT2D eigenvalue weighted by molar-refractivity contribution is -0.167. The Bertz CT molecular complexity index is 1600. The molecule has 0 aliphatic heterocycles. The van der Waals surface area contributed by atoms with E-state index in [1.807, 2.05) is 0 Å². The molecule has 1 atom stereocenters. The molecule has 0 fully saturated rings. The van der Waals surface area contributed by atoms with Gasteiger partial charge in [-0.15, -0.1) is 0 Å². The maximum absolute atomic E-state index is 12.9. The summed E-state index contributed by atoms with van der Waals surface area (Å²) in [7, 11) is 0. The molecule has 0 aliphatic rings. The molecule has 0 amide bonds. The van der Waals surface area contributed by atoms with Crippen LogP contribution in [0, 0.1) is 0 Å². The molecule has 0 spiro atoms. The standard InChI is InChI=1S/C71H118O6/c1-4-7-10-13-16-19-22-24-26-28-29-30-31-32-33-34-35-36-37-38-39-40-41-43-44-46-49-52-55-58-61-64-70(73)76-67-68(66-75-69(72)63-60-57-54-51-48-21-18-15-12-9-6-3)77-71(74)65-62-59-56-53-50-47-45-42-27-25-23-20-17-14-11-8-5-2/h7-8,10-11,16-17,19-20,24-27,29-30,32-33,35-36,38-39,68H,4-6,9,12-15,18,21-23,28,31,34,37,40-67H2,1-3H3/b10-7-,11-8-,19-16-,20-17-,26-24-,27-25-,30-29-,33-32-,36-35-,39-38-. The van der Waals surface area contributed by atoms with Crippen molar-refractivity contribution in [3.8, 4) is 0 Å². The van der Waals surface area contributed by atoms with Crippen LogP contribution in [-0.2, 0) is 28.6 Å². The highest BCUT2D eigenvalue weighted by Crippen LogP contribution is 2.16. The summed E-state index contributed by atoms with van der Waals surface area (Å²) in [6.07, 6.45) is 89.2. The molecule has 0 aliphatic carbocycles. The Hall–Kier alpha value is -4.19. The Labute approximate surface area is 475 Å². The highest BCUT2D eigenvalue weighted by molar-refractivity contribution is 5.71. The minimum atomic E-state index is -0.787. The molecule has 6 heteroatoms. The Morgan fingerprint density at radius 1 is 0.273 bits per heavy atom. The molecule has 0 aromatic carbocycles. The van der Waals surface area contributed by atoms with Gasteiger partial charge in [0.15, 0.2) is 6.10 Å². The van der Waals surface area contributed by atoms with Crippen LogP contribution in [0.25, 0.3) is 0 Å². The molecule has 1 unspecified atom stereocenters. The van der Waals surface area contributed by atoms with Crippen molar-refractivity contribution in [2.24, 2.45) is 0 Å². The van der Waals surface area contributed by atoms with Crippen LogP contribution in [0.2, 0.25) is 0 Å². The van der Waals surface area contributed by atoms with Gasteiger partial charge in [-0.25, -0.2) is 0 Å². The minimum absolute atomic E-state index is 0.0831. The van der Waals surface area contributed by atoms with Gasteiger partial charge in [-0.3, -0.25) is 14.4 Å². The number of esters is 3. The number of ether oxygens (including phenoxy) is 3. The van der Waals surface area contributed by atoms with Crippen LogP contribution < -0.4 is 0 Å². The number of unbranched alkanes of at least 4 members (excludes halogenated alkanes) is 26. The number of allylic oxidation sites excluding steroid dienone is 20. The van der Waals surface area contributed by atoms with Gasteiger partial charge in [0.25, 0.3) is 0 Å². The summed E-state index contributed by atoms with van der Waals surface area (Å²) in [4.78, 5) is 38.2. The molecular formula is C71H118O6. The van der Waals surface area contributed by atoms with Crippen molar-refractivity contribution in [1.29, 1.82) is 0 Å². The predicted molar refractivity (Wildman–Crippen MR) is 334 cm³/mol. The zero-order valence-electron chi connectivity index (χ0n) is 50.2.